The summed E-state index contributed by atoms with van der Waals surface area (Å²) in [5.41, 5.74) is 1.88. The van der Waals surface area contributed by atoms with Gasteiger partial charge in [0.25, 0.3) is 5.91 Å². The summed E-state index contributed by atoms with van der Waals surface area (Å²) in [4.78, 5) is 13.1. The predicted octanol–water partition coefficient (Wildman–Crippen LogP) is 5.74. The Morgan fingerprint density at radius 3 is 2.24 bits per heavy atom. The number of amides is 1. The first-order valence-electron chi connectivity index (χ1n) is 14.6. The number of carbonyl (C=O) groups excluding carboxylic acids is 1. The van der Waals surface area contributed by atoms with Gasteiger partial charge in [0.15, 0.2) is 0 Å². The highest BCUT2D eigenvalue weighted by Crippen LogP contribution is 2.49. The molecule has 1 aromatic heterocycles. The molecule has 1 saturated carbocycles. The molecule has 1 aliphatic heterocycles. The van der Waals surface area contributed by atoms with Crippen LogP contribution in [0.5, 0.6) is 0 Å². The van der Waals surface area contributed by atoms with E-state index in [1.165, 1.54) is 41.7 Å². The minimum Gasteiger partial charge on any atom is -0.455 e. The first kappa shape index (κ1) is 30.8. The summed E-state index contributed by atoms with van der Waals surface area (Å²) in [7, 11) is -3.24. The lowest BCUT2D eigenvalue weighted by Crippen LogP contribution is -2.41. The zero-order valence-corrected chi connectivity index (χ0v) is 26.7. The molecule has 0 bridgehead atoms. The minimum absolute atomic E-state index is 0.0646. The number of furan rings is 1. The van der Waals surface area contributed by atoms with E-state index in [1.807, 2.05) is 33.8 Å². The van der Waals surface area contributed by atoms with Crippen molar-refractivity contribution in [2.45, 2.75) is 57.7 Å². The normalized spacial score (nSPS) is 17.3. The molecule has 1 amide bonds. The van der Waals surface area contributed by atoms with Gasteiger partial charge in [-0.25, -0.2) is 17.1 Å². The summed E-state index contributed by atoms with van der Waals surface area (Å²) in [5, 5.41) is 13.3. The number of rotatable bonds is 7. The van der Waals surface area contributed by atoms with E-state index < -0.39 is 34.2 Å². The summed E-state index contributed by atoms with van der Waals surface area (Å²) in [6.45, 7) is 7.67. The van der Waals surface area contributed by atoms with Gasteiger partial charge in [-0.05, 0) is 94.5 Å². The van der Waals surface area contributed by atoms with Gasteiger partial charge in [-0.2, -0.15) is 5.26 Å². The van der Waals surface area contributed by atoms with E-state index >= 15 is 0 Å². The predicted molar refractivity (Wildman–Crippen MR) is 171 cm³/mol. The van der Waals surface area contributed by atoms with Crippen molar-refractivity contribution in [2.75, 3.05) is 17.6 Å². The molecule has 1 aliphatic carbocycles. The molecule has 0 atom stereocenters. The lowest BCUT2D eigenvalue weighted by molar-refractivity contribution is 0.00578. The first-order chi connectivity index (χ1) is 21.1. The van der Waals surface area contributed by atoms with Crippen molar-refractivity contribution >= 4 is 50.9 Å². The number of sulfonamides is 1. The molecule has 4 aromatic rings. The van der Waals surface area contributed by atoms with E-state index in [-0.39, 0.29) is 40.0 Å². The van der Waals surface area contributed by atoms with Crippen LogP contribution in [-0.4, -0.2) is 45.9 Å². The van der Waals surface area contributed by atoms with Gasteiger partial charge in [0.05, 0.1) is 46.0 Å². The minimum atomic E-state index is -3.94. The van der Waals surface area contributed by atoms with E-state index in [2.05, 4.69) is 11.4 Å². The van der Waals surface area contributed by atoms with Gasteiger partial charge in [0.1, 0.15) is 17.2 Å². The molecule has 1 N–H and O–H groups in total. The van der Waals surface area contributed by atoms with Crippen LogP contribution in [-0.2, 0) is 19.3 Å². The Bertz CT molecular complexity index is 1980. The SMILES string of the molecule is CNC(=O)c1c(-c2ccc(F)cc2)oc2cc(N(c3ccc(B4OC(C)(C)C(C)(C)O4)c(C#N)c3)S(C)(=O)=O)c(C3CC3)cc12. The van der Waals surface area contributed by atoms with Gasteiger partial charge in [-0.3, -0.25) is 4.79 Å². The van der Waals surface area contributed by atoms with Gasteiger partial charge in [-0.15, -0.1) is 0 Å². The first-order valence-corrected chi connectivity index (χ1v) is 16.5. The molecule has 2 heterocycles. The smallest absolute Gasteiger partial charge is 0.455 e. The molecule has 12 heteroatoms. The number of nitriles is 1. The highest BCUT2D eigenvalue weighted by molar-refractivity contribution is 7.92. The van der Waals surface area contributed by atoms with Crippen LogP contribution in [0.1, 0.15) is 67.9 Å². The van der Waals surface area contributed by atoms with Gasteiger partial charge in [0.2, 0.25) is 10.0 Å². The standard InChI is InChI=1S/C33H33BFN3O6S/c1-32(2)33(3,4)44-34(43-32)26-14-13-23(15-21(26)18-36)38(45(6,40)41)27-17-28-25(16-24(27)19-7-8-19)29(31(39)37-5)30(42-28)20-9-11-22(35)12-10-20/h9-17,19H,7-8H2,1-6H3,(H,37,39). The zero-order chi connectivity index (χ0) is 32.5. The Labute approximate surface area is 262 Å². The number of halogens is 1. The third-order valence-electron chi connectivity index (χ3n) is 8.86. The monoisotopic (exact) mass is 629 g/mol. The summed E-state index contributed by atoms with van der Waals surface area (Å²) in [6.07, 6.45) is 2.79. The third-order valence-corrected chi connectivity index (χ3v) is 9.94. The summed E-state index contributed by atoms with van der Waals surface area (Å²) in [5.74, 6) is -0.512. The Morgan fingerprint density at radius 1 is 1.04 bits per heavy atom. The molecule has 2 fully saturated rings. The molecule has 3 aromatic carbocycles. The van der Waals surface area contributed by atoms with Crippen LogP contribution < -0.4 is 15.1 Å². The lowest BCUT2D eigenvalue weighted by Gasteiger charge is -2.32. The second-order valence-corrected chi connectivity index (χ2v) is 14.4. The second-order valence-electron chi connectivity index (χ2n) is 12.6. The average molecular weight is 630 g/mol. The highest BCUT2D eigenvalue weighted by atomic mass is 32.2. The Hall–Kier alpha value is -4.18. The second kappa shape index (κ2) is 10.7. The van der Waals surface area contributed by atoms with Crippen LogP contribution >= 0.6 is 0 Å². The van der Waals surface area contributed by atoms with Crippen LogP contribution in [0.4, 0.5) is 15.8 Å². The van der Waals surface area contributed by atoms with Crippen molar-refractivity contribution in [3.05, 3.63) is 77.1 Å². The van der Waals surface area contributed by atoms with Crippen LogP contribution in [0.2, 0.25) is 0 Å². The molecule has 1 saturated heterocycles. The van der Waals surface area contributed by atoms with Crippen molar-refractivity contribution in [1.29, 1.82) is 5.26 Å². The van der Waals surface area contributed by atoms with Crippen molar-refractivity contribution in [1.82, 2.24) is 5.32 Å². The highest BCUT2D eigenvalue weighted by Gasteiger charge is 2.52. The third kappa shape index (κ3) is 5.39. The maximum Gasteiger partial charge on any atom is 0.496 e. The van der Waals surface area contributed by atoms with Crippen LogP contribution in [0.3, 0.4) is 0 Å². The molecule has 6 rings (SSSR count). The van der Waals surface area contributed by atoms with E-state index in [0.717, 1.165) is 24.7 Å². The van der Waals surface area contributed by atoms with E-state index in [4.69, 9.17) is 13.7 Å². The van der Waals surface area contributed by atoms with Crippen molar-refractivity contribution in [2.24, 2.45) is 0 Å². The number of carbonyl (C=O) groups is 1. The fourth-order valence-electron chi connectivity index (χ4n) is 5.65. The Kier molecular flexibility index (Phi) is 7.35. The average Bonchev–Trinajstić information content (AvgIpc) is 3.71. The molecule has 2 aliphatic rings. The lowest BCUT2D eigenvalue weighted by atomic mass is 9.76. The molecule has 232 valence electrons. The molecular formula is C33H33BFN3O6S. The van der Waals surface area contributed by atoms with E-state index in [1.54, 1.807) is 18.2 Å². The van der Waals surface area contributed by atoms with E-state index in [0.29, 0.717) is 22.1 Å². The Morgan fingerprint density at radius 2 is 1.69 bits per heavy atom. The van der Waals surface area contributed by atoms with Crippen LogP contribution in [0, 0.1) is 17.1 Å². The number of nitrogens with zero attached hydrogens (tertiary/aromatic N) is 2. The molecule has 9 nitrogen and oxygen atoms in total. The topological polar surface area (TPSA) is 122 Å². The molecule has 45 heavy (non-hydrogen) atoms. The van der Waals surface area contributed by atoms with Crippen molar-refractivity contribution < 1.29 is 31.3 Å². The number of hydrogen-bond donors (Lipinski definition) is 1. The largest absolute Gasteiger partial charge is 0.496 e. The molecule has 0 radical (unpaired) electrons. The molecule has 0 unspecified atom stereocenters. The summed E-state index contributed by atoms with van der Waals surface area (Å²) in [6, 6.07) is 16.0. The van der Waals surface area contributed by atoms with Gasteiger partial charge in [-0.1, -0.05) is 6.07 Å². The fraction of sp³-hybridized carbons (Fsp3) is 0.333. The summed E-state index contributed by atoms with van der Waals surface area (Å²) >= 11 is 0. The maximum absolute atomic E-state index is 13.7. The quantitative estimate of drug-likeness (QED) is 0.259. The van der Waals surface area contributed by atoms with Crippen molar-refractivity contribution in [3.63, 3.8) is 0 Å². The Balaban J connectivity index is 1.53. The number of benzene rings is 3. The zero-order valence-electron chi connectivity index (χ0n) is 25.9. The van der Waals surface area contributed by atoms with Gasteiger partial charge >= 0.3 is 7.12 Å². The van der Waals surface area contributed by atoms with Gasteiger partial charge in [0, 0.05) is 29.5 Å². The fourth-order valence-corrected chi connectivity index (χ4v) is 6.67. The molecular weight excluding hydrogens is 596 g/mol. The maximum atomic E-state index is 13.7. The number of fused-ring (bicyclic) bond motifs is 1. The number of nitrogens with one attached hydrogen (secondary N) is 1. The number of anilines is 2. The molecule has 0 spiro atoms. The van der Waals surface area contributed by atoms with Crippen LogP contribution in [0.15, 0.2) is 59.0 Å². The van der Waals surface area contributed by atoms with E-state index in [9.17, 15) is 22.9 Å². The number of hydrogen-bond acceptors (Lipinski definition) is 7. The van der Waals surface area contributed by atoms with Crippen LogP contribution in [0.25, 0.3) is 22.3 Å². The van der Waals surface area contributed by atoms with Gasteiger partial charge < -0.3 is 19.0 Å². The summed E-state index contributed by atoms with van der Waals surface area (Å²) < 4.78 is 60.5. The van der Waals surface area contributed by atoms with Crippen molar-refractivity contribution in [3.8, 4) is 17.4 Å².